The second-order valence-corrected chi connectivity index (χ2v) is 5.61. The number of anilines is 2. The van der Waals surface area contributed by atoms with Crippen LogP contribution >= 0.6 is 0 Å². The fraction of sp³-hybridized carbons (Fsp3) is 0.533. The van der Waals surface area contributed by atoms with Gasteiger partial charge in [0.05, 0.1) is 0 Å². The van der Waals surface area contributed by atoms with E-state index in [0.717, 1.165) is 12.2 Å². The number of benzene rings is 1. The van der Waals surface area contributed by atoms with Gasteiger partial charge in [-0.1, -0.05) is 13.8 Å². The molecule has 0 aliphatic heterocycles. The van der Waals surface area contributed by atoms with E-state index in [-0.39, 0.29) is 5.78 Å². The average molecular weight is 246 g/mol. The predicted octanol–water partition coefficient (Wildman–Crippen LogP) is 3.10. The molecule has 0 saturated heterocycles. The van der Waals surface area contributed by atoms with Crippen LogP contribution in [0.2, 0.25) is 0 Å². The first kappa shape index (κ1) is 12.9. The molecule has 18 heavy (non-hydrogen) atoms. The number of nitrogens with zero attached hydrogens (tertiary/aromatic N) is 1. The number of carbonyl (C=O) groups excluding carboxylic acids is 1. The number of nitrogens with two attached hydrogens (primary N) is 1. The van der Waals surface area contributed by atoms with E-state index in [1.165, 1.54) is 12.8 Å². The Kier molecular flexibility index (Phi) is 3.60. The molecule has 1 aromatic rings. The van der Waals surface area contributed by atoms with Gasteiger partial charge in [-0.3, -0.25) is 4.79 Å². The Balaban J connectivity index is 2.25. The van der Waals surface area contributed by atoms with Crippen molar-refractivity contribution in [2.45, 2.75) is 39.7 Å². The molecular formula is C15H22N2O. The minimum atomic E-state index is 0.0286. The zero-order valence-electron chi connectivity index (χ0n) is 11.4. The molecule has 0 aromatic heterocycles. The summed E-state index contributed by atoms with van der Waals surface area (Å²) >= 11 is 0. The van der Waals surface area contributed by atoms with Crippen LogP contribution in [-0.2, 0) is 0 Å². The second-order valence-electron chi connectivity index (χ2n) is 5.61. The molecule has 1 saturated carbocycles. The summed E-state index contributed by atoms with van der Waals surface area (Å²) in [4.78, 5) is 13.8. The third-order valence-corrected chi connectivity index (χ3v) is 3.30. The van der Waals surface area contributed by atoms with Crippen LogP contribution in [0, 0.1) is 5.92 Å². The smallest absolute Gasteiger partial charge is 0.161 e. The van der Waals surface area contributed by atoms with E-state index in [1.54, 1.807) is 6.92 Å². The van der Waals surface area contributed by atoms with Crippen molar-refractivity contribution >= 4 is 17.2 Å². The van der Waals surface area contributed by atoms with Crippen molar-refractivity contribution < 1.29 is 4.79 Å². The van der Waals surface area contributed by atoms with Gasteiger partial charge in [0.2, 0.25) is 0 Å². The number of carbonyl (C=O) groups is 1. The van der Waals surface area contributed by atoms with Crippen molar-refractivity contribution in [2.24, 2.45) is 5.92 Å². The Bertz CT molecular complexity index is 450. The van der Waals surface area contributed by atoms with Crippen molar-refractivity contribution in [3.05, 3.63) is 23.8 Å². The van der Waals surface area contributed by atoms with Crippen molar-refractivity contribution in [1.29, 1.82) is 0 Å². The van der Waals surface area contributed by atoms with Gasteiger partial charge in [-0.15, -0.1) is 0 Å². The standard InChI is InChI=1S/C15H22N2O/c1-10(2)9-17(12-4-5-12)13-6-7-14(11(3)18)15(16)8-13/h6-8,10,12H,4-5,9,16H2,1-3H3. The molecule has 3 nitrogen and oxygen atoms in total. The molecule has 1 fully saturated rings. The maximum Gasteiger partial charge on any atom is 0.161 e. The van der Waals surface area contributed by atoms with Crippen LogP contribution in [0.5, 0.6) is 0 Å². The second kappa shape index (κ2) is 5.01. The Morgan fingerprint density at radius 1 is 1.44 bits per heavy atom. The Hall–Kier alpha value is -1.51. The van der Waals surface area contributed by atoms with Gasteiger partial charge in [0, 0.05) is 29.5 Å². The Labute approximate surface area is 109 Å². The molecule has 3 heteroatoms. The van der Waals surface area contributed by atoms with E-state index in [0.29, 0.717) is 23.2 Å². The lowest BCUT2D eigenvalue weighted by atomic mass is 10.1. The van der Waals surface area contributed by atoms with Crippen molar-refractivity contribution in [3.63, 3.8) is 0 Å². The van der Waals surface area contributed by atoms with E-state index in [9.17, 15) is 4.79 Å². The van der Waals surface area contributed by atoms with E-state index < -0.39 is 0 Å². The van der Waals surface area contributed by atoms with Crippen LogP contribution in [0.25, 0.3) is 0 Å². The SMILES string of the molecule is CC(=O)c1ccc(N(CC(C)C)C2CC2)cc1N. The van der Waals surface area contributed by atoms with Gasteiger partial charge < -0.3 is 10.6 Å². The van der Waals surface area contributed by atoms with Gasteiger partial charge in [0.1, 0.15) is 0 Å². The molecule has 0 heterocycles. The molecule has 2 N–H and O–H groups in total. The minimum Gasteiger partial charge on any atom is -0.398 e. The lowest BCUT2D eigenvalue weighted by molar-refractivity contribution is 0.101. The first-order valence-corrected chi connectivity index (χ1v) is 6.66. The molecule has 1 aliphatic rings. The molecule has 98 valence electrons. The first-order valence-electron chi connectivity index (χ1n) is 6.66. The highest BCUT2D eigenvalue weighted by Crippen LogP contribution is 2.33. The third kappa shape index (κ3) is 2.84. The Morgan fingerprint density at radius 2 is 2.11 bits per heavy atom. The van der Waals surface area contributed by atoms with Gasteiger partial charge in [0.25, 0.3) is 0 Å². The largest absolute Gasteiger partial charge is 0.398 e. The number of hydrogen-bond acceptors (Lipinski definition) is 3. The molecule has 0 radical (unpaired) electrons. The molecule has 1 aliphatic carbocycles. The van der Waals surface area contributed by atoms with Crippen LogP contribution in [0.4, 0.5) is 11.4 Å². The normalized spacial score (nSPS) is 14.9. The van der Waals surface area contributed by atoms with E-state index in [4.69, 9.17) is 5.73 Å². The fourth-order valence-corrected chi connectivity index (χ4v) is 2.29. The number of rotatable bonds is 5. The summed E-state index contributed by atoms with van der Waals surface area (Å²) in [5.41, 5.74) is 8.33. The van der Waals surface area contributed by atoms with E-state index in [1.807, 2.05) is 18.2 Å². The topological polar surface area (TPSA) is 46.3 Å². The van der Waals surface area contributed by atoms with E-state index >= 15 is 0 Å². The van der Waals surface area contributed by atoms with Crippen LogP contribution in [0.15, 0.2) is 18.2 Å². The maximum atomic E-state index is 11.4. The molecule has 1 aromatic carbocycles. The van der Waals surface area contributed by atoms with Crippen molar-refractivity contribution in [1.82, 2.24) is 0 Å². The predicted molar refractivity (Wildman–Crippen MR) is 76.1 cm³/mol. The number of Topliss-reactive ketones (excluding diaryl/α,β-unsaturated/α-hetero) is 1. The maximum absolute atomic E-state index is 11.4. The lowest BCUT2D eigenvalue weighted by Gasteiger charge is -2.27. The van der Waals surface area contributed by atoms with Gasteiger partial charge >= 0.3 is 0 Å². The van der Waals surface area contributed by atoms with Gasteiger partial charge in [0.15, 0.2) is 5.78 Å². The summed E-state index contributed by atoms with van der Waals surface area (Å²) in [5.74, 6) is 0.653. The highest BCUT2D eigenvalue weighted by Gasteiger charge is 2.29. The molecule has 0 amide bonds. The minimum absolute atomic E-state index is 0.0286. The van der Waals surface area contributed by atoms with E-state index in [2.05, 4.69) is 18.7 Å². The first-order chi connectivity index (χ1) is 8.49. The summed E-state index contributed by atoms with van der Waals surface area (Å²) in [6.07, 6.45) is 2.53. The molecule has 0 bridgehead atoms. The fourth-order valence-electron chi connectivity index (χ4n) is 2.29. The molecule has 0 spiro atoms. The molecule has 0 atom stereocenters. The van der Waals surface area contributed by atoms with Crippen LogP contribution < -0.4 is 10.6 Å². The van der Waals surface area contributed by atoms with Crippen LogP contribution in [0.3, 0.4) is 0 Å². The molecule has 2 rings (SSSR count). The lowest BCUT2D eigenvalue weighted by Crippen LogP contribution is -2.29. The average Bonchev–Trinajstić information content (AvgIpc) is 3.08. The monoisotopic (exact) mass is 246 g/mol. The zero-order valence-corrected chi connectivity index (χ0v) is 11.4. The summed E-state index contributed by atoms with van der Waals surface area (Å²) in [6, 6.07) is 6.48. The third-order valence-electron chi connectivity index (χ3n) is 3.30. The van der Waals surface area contributed by atoms with Crippen molar-refractivity contribution in [2.75, 3.05) is 17.2 Å². The van der Waals surface area contributed by atoms with Crippen LogP contribution in [-0.4, -0.2) is 18.4 Å². The number of nitrogen functional groups attached to an aromatic ring is 1. The Morgan fingerprint density at radius 3 is 2.56 bits per heavy atom. The summed E-state index contributed by atoms with van der Waals surface area (Å²) in [6.45, 7) is 7.05. The molecular weight excluding hydrogens is 224 g/mol. The van der Waals surface area contributed by atoms with Gasteiger partial charge in [-0.2, -0.15) is 0 Å². The van der Waals surface area contributed by atoms with Gasteiger partial charge in [-0.05, 0) is 43.9 Å². The summed E-state index contributed by atoms with van der Waals surface area (Å²) < 4.78 is 0. The number of ketones is 1. The molecule has 0 unspecified atom stereocenters. The van der Waals surface area contributed by atoms with Crippen LogP contribution in [0.1, 0.15) is 44.0 Å². The zero-order chi connectivity index (χ0) is 13.3. The van der Waals surface area contributed by atoms with Crippen molar-refractivity contribution in [3.8, 4) is 0 Å². The highest BCUT2D eigenvalue weighted by molar-refractivity contribution is 5.99. The van der Waals surface area contributed by atoms with Gasteiger partial charge in [-0.25, -0.2) is 0 Å². The quantitative estimate of drug-likeness (QED) is 0.641. The highest BCUT2D eigenvalue weighted by atomic mass is 16.1. The summed E-state index contributed by atoms with van der Waals surface area (Å²) in [7, 11) is 0. The number of hydrogen-bond donors (Lipinski definition) is 1. The summed E-state index contributed by atoms with van der Waals surface area (Å²) in [5, 5.41) is 0.